The van der Waals surface area contributed by atoms with Crippen molar-refractivity contribution in [2.24, 2.45) is 5.92 Å². The van der Waals surface area contributed by atoms with Crippen molar-refractivity contribution in [3.63, 3.8) is 0 Å². The average Bonchev–Trinajstić information content (AvgIpc) is 1.63. The van der Waals surface area contributed by atoms with Gasteiger partial charge >= 0.3 is 0 Å². The summed E-state index contributed by atoms with van der Waals surface area (Å²) in [4.78, 5) is 9.36. The highest BCUT2D eigenvalue weighted by atomic mass is 17.2. The maximum Gasteiger partial charge on any atom is 0.0904 e. The van der Waals surface area contributed by atoms with Crippen molar-refractivity contribution in [1.29, 1.82) is 0 Å². The van der Waals surface area contributed by atoms with Crippen LogP contribution >= 0.6 is 0 Å². The van der Waals surface area contributed by atoms with Gasteiger partial charge in [0.1, 0.15) is 0 Å². The Labute approximate surface area is 57.1 Å². The second kappa shape index (κ2) is 4.77. The fourth-order valence-electron chi connectivity index (χ4n) is 0.867. The normalized spacial score (nSPS) is 14.3. The van der Waals surface area contributed by atoms with E-state index < -0.39 is 0 Å². The molecule has 0 aliphatic carbocycles. The van der Waals surface area contributed by atoms with E-state index in [4.69, 9.17) is 4.89 Å². The monoisotopic (exact) mass is 132 g/mol. The minimum atomic E-state index is 0.218. The van der Waals surface area contributed by atoms with Crippen LogP contribution in [0.25, 0.3) is 0 Å². The van der Waals surface area contributed by atoms with Crippen LogP contribution in [0.4, 0.5) is 0 Å². The first-order valence-corrected chi connectivity index (χ1v) is 3.36. The summed E-state index contributed by atoms with van der Waals surface area (Å²) in [6.07, 6.45) is 1.27. The third kappa shape index (κ3) is 5.80. The number of rotatable bonds is 4. The molecule has 9 heavy (non-hydrogen) atoms. The van der Waals surface area contributed by atoms with Gasteiger partial charge in [-0.2, -0.15) is 0 Å². The summed E-state index contributed by atoms with van der Waals surface area (Å²) in [6, 6.07) is 0. The summed E-state index contributed by atoms with van der Waals surface area (Å²) in [5.41, 5.74) is 0. The first-order valence-electron chi connectivity index (χ1n) is 3.36. The van der Waals surface area contributed by atoms with E-state index in [2.05, 4.69) is 18.7 Å². The van der Waals surface area contributed by atoms with Crippen LogP contribution in [-0.2, 0) is 9.78 Å². The molecule has 0 spiro atoms. The van der Waals surface area contributed by atoms with Crippen LogP contribution in [-0.4, -0.2) is 13.2 Å². The summed E-state index contributed by atoms with van der Waals surface area (Å²) < 4.78 is 0. The first kappa shape index (κ1) is 8.92. The van der Waals surface area contributed by atoms with Gasteiger partial charge in [0.15, 0.2) is 0 Å². The molecule has 2 heteroatoms. The maximum absolute atomic E-state index is 4.85. The SMILES string of the molecule is COOC(C)CC(C)C. The zero-order valence-electron chi connectivity index (χ0n) is 6.68. The predicted molar refractivity (Wildman–Crippen MR) is 37.0 cm³/mol. The summed E-state index contributed by atoms with van der Waals surface area (Å²) >= 11 is 0. The molecule has 0 bridgehead atoms. The molecule has 0 aromatic carbocycles. The first-order chi connectivity index (χ1) is 4.16. The highest BCUT2D eigenvalue weighted by Gasteiger charge is 2.03. The Bertz CT molecular complexity index is 61.9. The highest BCUT2D eigenvalue weighted by molar-refractivity contribution is 4.50. The molecule has 56 valence electrons. The largest absolute Gasteiger partial charge is 0.240 e. The van der Waals surface area contributed by atoms with Crippen molar-refractivity contribution in [3.05, 3.63) is 0 Å². The lowest BCUT2D eigenvalue weighted by atomic mass is 10.1. The van der Waals surface area contributed by atoms with Crippen LogP contribution in [0.5, 0.6) is 0 Å². The Kier molecular flexibility index (Phi) is 4.72. The van der Waals surface area contributed by atoms with Gasteiger partial charge in [-0.15, -0.1) is 0 Å². The molecule has 0 amide bonds. The Morgan fingerprint density at radius 1 is 1.22 bits per heavy atom. The molecule has 1 unspecified atom stereocenters. The van der Waals surface area contributed by atoms with Gasteiger partial charge in [0.2, 0.25) is 0 Å². The minimum Gasteiger partial charge on any atom is -0.240 e. The van der Waals surface area contributed by atoms with E-state index in [9.17, 15) is 0 Å². The van der Waals surface area contributed by atoms with E-state index in [0.29, 0.717) is 5.92 Å². The van der Waals surface area contributed by atoms with Crippen molar-refractivity contribution >= 4 is 0 Å². The molecule has 1 atom stereocenters. The second-order valence-corrected chi connectivity index (χ2v) is 2.70. The Balaban J connectivity index is 3.15. The van der Waals surface area contributed by atoms with Gasteiger partial charge in [-0.25, -0.2) is 9.78 Å². The fraction of sp³-hybridized carbons (Fsp3) is 1.00. The molecule has 0 heterocycles. The quantitative estimate of drug-likeness (QED) is 0.430. The summed E-state index contributed by atoms with van der Waals surface area (Å²) in [6.45, 7) is 6.33. The van der Waals surface area contributed by atoms with E-state index >= 15 is 0 Å². The van der Waals surface area contributed by atoms with Crippen LogP contribution < -0.4 is 0 Å². The van der Waals surface area contributed by atoms with Crippen LogP contribution in [0.2, 0.25) is 0 Å². The lowest BCUT2D eigenvalue weighted by Crippen LogP contribution is -2.09. The molecule has 2 nitrogen and oxygen atoms in total. The zero-order chi connectivity index (χ0) is 7.28. The molecular weight excluding hydrogens is 116 g/mol. The second-order valence-electron chi connectivity index (χ2n) is 2.70. The standard InChI is InChI=1S/C7H16O2/c1-6(2)5-7(3)9-8-4/h6-7H,5H2,1-4H3. The van der Waals surface area contributed by atoms with Crippen LogP contribution in [0.1, 0.15) is 27.2 Å². The topological polar surface area (TPSA) is 18.5 Å². The third-order valence-electron chi connectivity index (χ3n) is 1.06. The van der Waals surface area contributed by atoms with Crippen molar-refractivity contribution in [3.8, 4) is 0 Å². The smallest absolute Gasteiger partial charge is 0.0904 e. The predicted octanol–water partition coefficient (Wildman–Crippen LogP) is 2.00. The van der Waals surface area contributed by atoms with E-state index in [1.165, 1.54) is 7.11 Å². The van der Waals surface area contributed by atoms with E-state index in [-0.39, 0.29) is 6.10 Å². The molecule has 0 saturated carbocycles. The van der Waals surface area contributed by atoms with Gasteiger partial charge in [-0.05, 0) is 19.3 Å². The molecule has 0 aliphatic heterocycles. The van der Waals surface area contributed by atoms with E-state index in [1.54, 1.807) is 0 Å². The van der Waals surface area contributed by atoms with Gasteiger partial charge in [0.05, 0.1) is 13.2 Å². The molecule has 0 rings (SSSR count). The average molecular weight is 132 g/mol. The molecule has 0 radical (unpaired) electrons. The zero-order valence-corrected chi connectivity index (χ0v) is 6.68. The number of hydrogen-bond donors (Lipinski definition) is 0. The number of hydrogen-bond acceptors (Lipinski definition) is 2. The van der Waals surface area contributed by atoms with Crippen LogP contribution in [0.15, 0.2) is 0 Å². The molecule has 0 N–H and O–H groups in total. The molecule has 0 aliphatic rings. The van der Waals surface area contributed by atoms with E-state index in [1.807, 2.05) is 6.92 Å². The van der Waals surface area contributed by atoms with Crippen molar-refractivity contribution < 1.29 is 9.78 Å². The van der Waals surface area contributed by atoms with Crippen LogP contribution in [0, 0.1) is 5.92 Å². The molecule has 0 fully saturated rings. The Morgan fingerprint density at radius 2 is 1.78 bits per heavy atom. The lowest BCUT2D eigenvalue weighted by molar-refractivity contribution is -0.302. The summed E-state index contributed by atoms with van der Waals surface area (Å²) in [5, 5.41) is 0. The van der Waals surface area contributed by atoms with Crippen molar-refractivity contribution in [2.45, 2.75) is 33.3 Å². The highest BCUT2D eigenvalue weighted by Crippen LogP contribution is 2.06. The van der Waals surface area contributed by atoms with Gasteiger partial charge < -0.3 is 0 Å². The van der Waals surface area contributed by atoms with Gasteiger partial charge in [0.25, 0.3) is 0 Å². The van der Waals surface area contributed by atoms with Gasteiger partial charge in [-0.1, -0.05) is 13.8 Å². The Morgan fingerprint density at radius 3 is 2.11 bits per heavy atom. The maximum atomic E-state index is 4.85. The fourth-order valence-corrected chi connectivity index (χ4v) is 0.867. The van der Waals surface area contributed by atoms with Crippen molar-refractivity contribution in [1.82, 2.24) is 0 Å². The van der Waals surface area contributed by atoms with Gasteiger partial charge in [-0.3, -0.25) is 0 Å². The lowest BCUT2D eigenvalue weighted by Gasteiger charge is -2.11. The molecule has 0 aromatic rings. The van der Waals surface area contributed by atoms with E-state index in [0.717, 1.165) is 6.42 Å². The summed E-state index contributed by atoms with van der Waals surface area (Å²) in [7, 11) is 1.54. The minimum absolute atomic E-state index is 0.218. The molecule has 0 aromatic heterocycles. The van der Waals surface area contributed by atoms with Crippen molar-refractivity contribution in [2.75, 3.05) is 7.11 Å². The summed E-state index contributed by atoms with van der Waals surface area (Å²) in [5.74, 6) is 0.676. The van der Waals surface area contributed by atoms with Crippen LogP contribution in [0.3, 0.4) is 0 Å². The molecular formula is C7H16O2. The van der Waals surface area contributed by atoms with Gasteiger partial charge in [0, 0.05) is 0 Å². The Hall–Kier alpha value is -0.0800. The molecule has 0 saturated heterocycles. The third-order valence-corrected chi connectivity index (χ3v) is 1.06.